The van der Waals surface area contributed by atoms with Crippen LogP contribution < -0.4 is 16.4 Å². The van der Waals surface area contributed by atoms with Crippen LogP contribution in [0.3, 0.4) is 0 Å². The van der Waals surface area contributed by atoms with Crippen LogP contribution in [0, 0.1) is 13.8 Å². The zero-order chi connectivity index (χ0) is 46.5. The van der Waals surface area contributed by atoms with Crippen molar-refractivity contribution in [3.63, 3.8) is 0 Å². The molecule has 11 rings (SSSR count). The molecule has 0 saturated heterocycles. The largest absolute Gasteiger partial charge is 0.242 e. The molecule has 0 aromatic heterocycles. The van der Waals surface area contributed by atoms with E-state index in [9.17, 15) is 0 Å². The van der Waals surface area contributed by atoms with Crippen LogP contribution in [0.15, 0.2) is 133 Å². The molecule has 7 aromatic carbocycles. The normalized spacial score (nSPS) is 20.2. The lowest BCUT2D eigenvalue weighted by Gasteiger charge is -2.46. The summed E-state index contributed by atoms with van der Waals surface area (Å²) in [5, 5.41) is 0. The first-order valence-corrected chi connectivity index (χ1v) is 25.0. The Hall–Kier alpha value is -5.40. The number of aryl methyl sites for hydroxylation is 2. The Kier molecular flexibility index (Phi) is 9.52. The average molecular weight is 861 g/mol. The molecule has 7 aromatic rings. The third-order valence-corrected chi connectivity index (χ3v) is 17.2. The molecule has 0 nitrogen and oxygen atoms in total. The van der Waals surface area contributed by atoms with Gasteiger partial charge in [0, 0.05) is 11.8 Å². The fraction of sp³-hybridized carbons (Fsp3) is 0.354. The lowest BCUT2D eigenvalue weighted by Crippen LogP contribution is -2.63. The lowest BCUT2D eigenvalue weighted by molar-refractivity contribution is 0.332. The van der Waals surface area contributed by atoms with Crippen LogP contribution in [-0.4, -0.2) is 6.71 Å². The Labute approximate surface area is 397 Å². The summed E-state index contributed by atoms with van der Waals surface area (Å²) < 4.78 is 0. The van der Waals surface area contributed by atoms with Gasteiger partial charge in [0.05, 0.1) is 0 Å². The topological polar surface area (TPSA) is 0 Å². The average Bonchev–Trinajstić information content (AvgIpc) is 3.45. The van der Waals surface area contributed by atoms with Gasteiger partial charge in [-0.05, 0) is 149 Å². The van der Waals surface area contributed by atoms with E-state index >= 15 is 0 Å². The molecule has 0 radical (unpaired) electrons. The Bertz CT molecular complexity index is 3110. The van der Waals surface area contributed by atoms with Gasteiger partial charge in [0.15, 0.2) is 0 Å². The first-order valence-electron chi connectivity index (χ1n) is 25.0. The van der Waals surface area contributed by atoms with Gasteiger partial charge in [0.1, 0.15) is 0 Å². The van der Waals surface area contributed by atoms with Crippen molar-refractivity contribution in [1.82, 2.24) is 0 Å². The van der Waals surface area contributed by atoms with Gasteiger partial charge < -0.3 is 0 Å². The second-order valence-corrected chi connectivity index (χ2v) is 24.8. The Morgan fingerprint density at radius 2 is 0.955 bits per heavy atom. The van der Waals surface area contributed by atoms with E-state index in [1.54, 1.807) is 5.56 Å². The minimum Gasteiger partial charge on any atom is -0.0642 e. The zero-order valence-electron chi connectivity index (χ0n) is 42.1. The molecule has 2 aliphatic carbocycles. The highest BCUT2D eigenvalue weighted by Crippen LogP contribution is 2.53. The second kappa shape index (κ2) is 14.6. The summed E-state index contributed by atoms with van der Waals surface area (Å²) in [4.78, 5) is 0. The minimum atomic E-state index is 0.0136. The van der Waals surface area contributed by atoms with Crippen molar-refractivity contribution in [2.45, 2.75) is 148 Å². The first-order chi connectivity index (χ1) is 31.1. The van der Waals surface area contributed by atoms with E-state index in [4.69, 9.17) is 0 Å². The van der Waals surface area contributed by atoms with Crippen LogP contribution in [0.1, 0.15) is 180 Å². The summed E-state index contributed by atoms with van der Waals surface area (Å²) in [6, 6.07) is 53.4. The van der Waals surface area contributed by atoms with E-state index < -0.39 is 0 Å². The van der Waals surface area contributed by atoms with Crippen LogP contribution in [0.2, 0.25) is 0 Å². The van der Waals surface area contributed by atoms with Crippen LogP contribution in [0.5, 0.6) is 0 Å². The molecule has 2 aliphatic heterocycles. The van der Waals surface area contributed by atoms with Crippen molar-refractivity contribution in [1.29, 1.82) is 0 Å². The maximum absolute atomic E-state index is 2.74. The van der Waals surface area contributed by atoms with Gasteiger partial charge in [-0.3, -0.25) is 0 Å². The predicted octanol–water partition coefficient (Wildman–Crippen LogP) is 14.7. The highest BCUT2D eigenvalue weighted by Gasteiger charge is 2.49. The smallest absolute Gasteiger partial charge is 0.0642 e. The minimum absolute atomic E-state index is 0.0136. The summed E-state index contributed by atoms with van der Waals surface area (Å²) in [6.07, 6.45) is 3.54. The summed E-state index contributed by atoms with van der Waals surface area (Å²) in [5.74, 6) is 0.159. The molecule has 0 amide bonds. The summed E-state index contributed by atoms with van der Waals surface area (Å²) in [5.41, 5.74) is 29.2. The van der Waals surface area contributed by atoms with Crippen LogP contribution in [0.25, 0.3) is 22.3 Å². The van der Waals surface area contributed by atoms with E-state index in [0.717, 1.165) is 6.42 Å². The summed E-state index contributed by atoms with van der Waals surface area (Å²) in [6.45, 7) is 31.8. The molecule has 1 heteroatoms. The molecule has 0 saturated carbocycles. The lowest BCUT2D eigenvalue weighted by atomic mass is 9.28. The fourth-order valence-electron chi connectivity index (χ4n) is 13.8. The highest BCUT2D eigenvalue weighted by molar-refractivity contribution is 6.97. The molecule has 2 atom stereocenters. The van der Waals surface area contributed by atoms with E-state index in [2.05, 4.69) is 223 Å². The molecule has 2 heterocycles. The van der Waals surface area contributed by atoms with E-state index in [1.807, 2.05) is 0 Å². The van der Waals surface area contributed by atoms with Gasteiger partial charge in [0.25, 0.3) is 0 Å². The van der Waals surface area contributed by atoms with Crippen LogP contribution >= 0.6 is 0 Å². The third-order valence-electron chi connectivity index (χ3n) is 17.2. The van der Waals surface area contributed by atoms with E-state index in [-0.39, 0.29) is 45.6 Å². The molecule has 332 valence electrons. The molecule has 0 bridgehead atoms. The molecular weight excluding hydrogens is 792 g/mol. The van der Waals surface area contributed by atoms with Crippen molar-refractivity contribution >= 4 is 23.1 Å². The standard InChI is InChI=1S/C65H69B/c1-39-30-50-58(45-27-25-44(61(3,4)5)34-48(45)42-22-18-15-19-23-42)49-36-53-55(63(8,9)29-28-62(53,6)7)37-57(49)66-56-33-43(41-20-16-14-17-21-41)24-26-46(56)59(51(31-39)60(50)66)47-35-54-52(32-40(47)2)64(10,11)38-65(54,12)13/h14-27,30-37,58-59H,28-29,38H2,1-13H3. The Balaban J connectivity index is 1.28. The zero-order valence-corrected chi connectivity index (χ0v) is 42.1. The molecular formula is C65H69B. The van der Waals surface area contributed by atoms with Crippen molar-refractivity contribution in [3.05, 3.63) is 206 Å². The fourth-order valence-corrected chi connectivity index (χ4v) is 13.8. The molecule has 4 aliphatic rings. The van der Waals surface area contributed by atoms with Gasteiger partial charge >= 0.3 is 0 Å². The summed E-state index contributed by atoms with van der Waals surface area (Å²) in [7, 11) is 0. The Morgan fingerprint density at radius 3 is 1.58 bits per heavy atom. The van der Waals surface area contributed by atoms with Gasteiger partial charge in [-0.2, -0.15) is 0 Å². The summed E-state index contributed by atoms with van der Waals surface area (Å²) >= 11 is 0. The quantitative estimate of drug-likeness (QED) is 0.155. The van der Waals surface area contributed by atoms with Gasteiger partial charge in [-0.1, -0.05) is 232 Å². The van der Waals surface area contributed by atoms with Crippen LogP contribution in [-0.2, 0) is 27.1 Å². The number of hydrogen-bond donors (Lipinski definition) is 0. The van der Waals surface area contributed by atoms with E-state index in [1.165, 1.54) is 118 Å². The molecule has 2 unspecified atom stereocenters. The van der Waals surface area contributed by atoms with Crippen LogP contribution in [0.4, 0.5) is 0 Å². The van der Waals surface area contributed by atoms with Crippen molar-refractivity contribution in [2.75, 3.05) is 0 Å². The molecule has 0 N–H and O–H groups in total. The molecule has 0 spiro atoms. The van der Waals surface area contributed by atoms with Crippen molar-refractivity contribution < 1.29 is 0 Å². The van der Waals surface area contributed by atoms with Gasteiger partial charge in [-0.15, -0.1) is 0 Å². The Morgan fingerprint density at radius 1 is 0.439 bits per heavy atom. The molecule has 66 heavy (non-hydrogen) atoms. The predicted molar refractivity (Wildman–Crippen MR) is 284 cm³/mol. The number of fused-ring (bicyclic) bond motifs is 6. The second-order valence-electron chi connectivity index (χ2n) is 24.8. The SMILES string of the molecule is Cc1cc2c3c(c1)C(c1ccc(C(C)(C)C)cc1-c1ccccc1)c1cc4c(cc1B3c1cc(-c3ccccc3)ccc1C2c1cc2c(cc1C)C(C)(C)CC2(C)C)C(C)(C)CCC4(C)C. The van der Waals surface area contributed by atoms with Crippen molar-refractivity contribution in [3.8, 4) is 22.3 Å². The van der Waals surface area contributed by atoms with Gasteiger partial charge in [0.2, 0.25) is 6.71 Å². The monoisotopic (exact) mass is 861 g/mol. The van der Waals surface area contributed by atoms with Gasteiger partial charge in [-0.25, -0.2) is 0 Å². The van der Waals surface area contributed by atoms with E-state index in [0.29, 0.717) is 0 Å². The number of rotatable bonds is 4. The number of hydrogen-bond acceptors (Lipinski definition) is 0. The maximum Gasteiger partial charge on any atom is 0.242 e. The number of benzene rings is 7. The van der Waals surface area contributed by atoms with Crippen molar-refractivity contribution in [2.24, 2.45) is 0 Å². The maximum atomic E-state index is 2.74. The third kappa shape index (κ3) is 6.60. The first kappa shape index (κ1) is 43.2. The molecule has 0 fully saturated rings. The highest BCUT2D eigenvalue weighted by atomic mass is 14.5.